The van der Waals surface area contributed by atoms with Crippen LogP contribution in [0.1, 0.15) is 85.6 Å². The van der Waals surface area contributed by atoms with E-state index >= 15 is 0 Å². The highest BCUT2D eigenvalue weighted by molar-refractivity contribution is 7.89. The molecule has 3 aliphatic heterocycles. The van der Waals surface area contributed by atoms with Crippen molar-refractivity contribution < 1.29 is 32.4 Å². The molecule has 0 spiro atoms. The highest BCUT2D eigenvalue weighted by atomic mass is 32.2. The van der Waals surface area contributed by atoms with Crippen LogP contribution in [0.5, 0.6) is 0 Å². The van der Waals surface area contributed by atoms with Gasteiger partial charge in [-0.05, 0) is 102 Å². The third kappa shape index (κ3) is 10.2. The lowest BCUT2D eigenvalue weighted by Crippen LogP contribution is -2.54. The molecule has 3 aliphatic rings. The molecule has 1 aromatic heterocycles. The van der Waals surface area contributed by atoms with Gasteiger partial charge in [-0.2, -0.15) is 4.98 Å². The van der Waals surface area contributed by atoms with E-state index in [1.165, 1.54) is 0 Å². The number of carbonyl (C=O) groups excluding carboxylic acids is 5. The van der Waals surface area contributed by atoms with Gasteiger partial charge in [-0.25, -0.2) is 18.1 Å². The average Bonchev–Trinajstić information content (AvgIpc) is 3.49. The predicted molar refractivity (Wildman–Crippen MR) is 235 cm³/mol. The number of aromatic nitrogens is 2. The third-order valence-corrected chi connectivity index (χ3v) is 12.5. The van der Waals surface area contributed by atoms with Gasteiger partial charge in [-0.15, -0.1) is 0 Å². The number of nitrogens with one attached hydrogen (secondary N) is 5. The molecule has 1 unspecified atom stereocenters. The molecule has 2 fully saturated rings. The molecule has 0 aliphatic carbocycles. The minimum absolute atomic E-state index is 0.0603. The van der Waals surface area contributed by atoms with Crippen molar-refractivity contribution in [3.63, 3.8) is 0 Å². The highest BCUT2D eigenvalue weighted by Gasteiger charge is 2.45. The van der Waals surface area contributed by atoms with Crippen molar-refractivity contribution in [2.45, 2.75) is 82.7 Å². The van der Waals surface area contributed by atoms with Gasteiger partial charge in [-0.1, -0.05) is 18.6 Å². The molecular formula is C44H52N10O7S. The van der Waals surface area contributed by atoms with Crippen molar-refractivity contribution in [3.8, 4) is 0 Å². The van der Waals surface area contributed by atoms with E-state index in [0.29, 0.717) is 62.3 Å². The molecule has 18 heteroatoms. The zero-order chi connectivity index (χ0) is 44.2. The number of piperazine rings is 1. The van der Waals surface area contributed by atoms with E-state index in [-0.39, 0.29) is 34.8 Å². The number of carbonyl (C=O) groups is 5. The topological polar surface area (TPSA) is 215 Å². The van der Waals surface area contributed by atoms with E-state index < -0.39 is 45.2 Å². The summed E-state index contributed by atoms with van der Waals surface area (Å²) in [4.78, 5) is 77.9. The number of sulfonamides is 1. The maximum absolute atomic E-state index is 13.3. The molecule has 4 heterocycles. The van der Waals surface area contributed by atoms with Crippen LogP contribution in [0.25, 0.3) is 0 Å². The number of nitrogens with zero attached hydrogens (tertiary/aromatic N) is 5. The molecule has 0 bridgehead atoms. The molecule has 5 amide bonds. The largest absolute Gasteiger partial charge is 0.384 e. The Kier molecular flexibility index (Phi) is 12.9. The average molecular weight is 865 g/mol. The molecule has 5 N–H and O–H groups in total. The second-order valence-corrected chi connectivity index (χ2v) is 18.4. The lowest BCUT2D eigenvalue weighted by molar-refractivity contribution is -0.136. The number of aryl methyl sites for hydroxylation is 1. The van der Waals surface area contributed by atoms with Crippen molar-refractivity contribution in [1.29, 1.82) is 0 Å². The first-order chi connectivity index (χ1) is 29.6. The summed E-state index contributed by atoms with van der Waals surface area (Å²) >= 11 is 0. The fourth-order valence-corrected chi connectivity index (χ4v) is 9.15. The van der Waals surface area contributed by atoms with E-state index in [0.717, 1.165) is 41.1 Å². The number of rotatable bonds is 15. The van der Waals surface area contributed by atoms with E-state index in [2.05, 4.69) is 40.9 Å². The van der Waals surface area contributed by atoms with Crippen molar-refractivity contribution in [2.24, 2.45) is 0 Å². The van der Waals surface area contributed by atoms with Gasteiger partial charge in [0.2, 0.25) is 33.7 Å². The molecule has 3 aromatic carbocycles. The summed E-state index contributed by atoms with van der Waals surface area (Å²) < 4.78 is 28.5. The molecule has 7 rings (SSSR count). The number of amides is 5. The van der Waals surface area contributed by atoms with Gasteiger partial charge in [0.1, 0.15) is 11.9 Å². The Bertz CT molecular complexity index is 2480. The summed E-state index contributed by atoms with van der Waals surface area (Å²) in [5.74, 6) is -1.12. The number of imide groups is 2. The van der Waals surface area contributed by atoms with Crippen LogP contribution in [0.2, 0.25) is 0 Å². The van der Waals surface area contributed by atoms with Crippen LogP contribution in [0.4, 0.5) is 34.5 Å². The number of benzene rings is 3. The summed E-state index contributed by atoms with van der Waals surface area (Å²) in [5.41, 5.74) is 3.55. The van der Waals surface area contributed by atoms with Crippen LogP contribution in [-0.2, 0) is 24.4 Å². The maximum atomic E-state index is 13.3. The number of unbranched alkanes of at least 4 members (excludes halogenated alkanes) is 2. The Morgan fingerprint density at radius 3 is 2.34 bits per heavy atom. The molecule has 62 heavy (non-hydrogen) atoms. The first-order valence-corrected chi connectivity index (χ1v) is 22.3. The molecule has 1 atom stereocenters. The fourth-order valence-electron chi connectivity index (χ4n) is 7.69. The van der Waals surface area contributed by atoms with Crippen LogP contribution in [0.15, 0.2) is 77.8 Å². The summed E-state index contributed by atoms with van der Waals surface area (Å²) in [5, 5.41) is 12.0. The molecular weight excluding hydrogens is 813 g/mol. The van der Waals surface area contributed by atoms with Gasteiger partial charge in [0, 0.05) is 85.6 Å². The Hall–Kier alpha value is -6.40. The van der Waals surface area contributed by atoms with E-state index in [4.69, 9.17) is 0 Å². The maximum Gasteiger partial charge on any atom is 0.264 e. The Morgan fingerprint density at radius 1 is 0.871 bits per heavy atom. The number of piperidine rings is 1. The van der Waals surface area contributed by atoms with Crippen molar-refractivity contribution in [3.05, 3.63) is 89.6 Å². The lowest BCUT2D eigenvalue weighted by atomic mass is 10.0. The highest BCUT2D eigenvalue weighted by Crippen LogP contribution is 2.33. The quantitative estimate of drug-likeness (QED) is 0.0781. The number of anilines is 6. The molecule has 0 radical (unpaired) electrons. The van der Waals surface area contributed by atoms with Gasteiger partial charge < -0.3 is 25.8 Å². The van der Waals surface area contributed by atoms with Gasteiger partial charge in [0.25, 0.3) is 11.8 Å². The van der Waals surface area contributed by atoms with Gasteiger partial charge in [0.05, 0.1) is 16.0 Å². The fraction of sp³-hybridized carbons (Fsp3) is 0.386. The smallest absolute Gasteiger partial charge is 0.264 e. The Morgan fingerprint density at radius 2 is 1.61 bits per heavy atom. The summed E-state index contributed by atoms with van der Waals surface area (Å²) in [6.45, 7) is 10.4. The first kappa shape index (κ1) is 43.7. The van der Waals surface area contributed by atoms with Gasteiger partial charge in [0.15, 0.2) is 0 Å². The zero-order valence-electron chi connectivity index (χ0n) is 35.3. The van der Waals surface area contributed by atoms with Crippen LogP contribution in [-0.4, -0.2) is 102 Å². The summed E-state index contributed by atoms with van der Waals surface area (Å²) in [6, 6.07) is 18.5. The minimum atomic E-state index is -3.72. The SMILES string of the molecule is Cc1cnc(Nc2ccc(N3CCN(C(=O)CCCCCNc4cccc5c4C(=O)N(C4CCC(=O)NC4=O)C5=O)CC3)cc2)nc1Nc1cccc(S(=O)(=O)NC(C)(C)C)c1. The summed E-state index contributed by atoms with van der Waals surface area (Å²) in [7, 11) is -3.72. The number of hydrogen-bond acceptors (Lipinski definition) is 13. The van der Waals surface area contributed by atoms with Crippen LogP contribution < -0.4 is 30.9 Å². The van der Waals surface area contributed by atoms with Crippen LogP contribution in [0, 0.1) is 6.92 Å². The van der Waals surface area contributed by atoms with Crippen molar-refractivity contribution in [1.82, 2.24) is 29.8 Å². The van der Waals surface area contributed by atoms with Crippen LogP contribution in [0.3, 0.4) is 0 Å². The molecule has 4 aromatic rings. The number of hydrogen-bond donors (Lipinski definition) is 5. The normalized spacial score (nSPS) is 16.9. The van der Waals surface area contributed by atoms with E-state index in [9.17, 15) is 32.4 Å². The molecule has 2 saturated heterocycles. The predicted octanol–water partition coefficient (Wildman–Crippen LogP) is 5.07. The van der Waals surface area contributed by atoms with Crippen molar-refractivity contribution in [2.75, 3.05) is 53.6 Å². The van der Waals surface area contributed by atoms with E-state index in [1.807, 2.05) is 36.1 Å². The Balaban J connectivity index is 0.832. The number of fused-ring (bicyclic) bond motifs is 1. The Labute approximate surface area is 361 Å². The van der Waals surface area contributed by atoms with Gasteiger partial charge in [-0.3, -0.25) is 34.2 Å². The molecule has 0 saturated carbocycles. The zero-order valence-corrected chi connectivity index (χ0v) is 36.1. The first-order valence-electron chi connectivity index (χ1n) is 20.8. The monoisotopic (exact) mass is 864 g/mol. The van der Waals surface area contributed by atoms with Crippen LogP contribution >= 0.6 is 0 Å². The standard InChI is InChI=1S/C44H52N10O7S/c1-28-27-46-43(50-39(28)47-30-10-8-11-32(26-30)62(60,61)51-44(2,3)4)48-29-15-17-31(18-16-29)52-22-24-53(25-23-52)37(56)14-6-5-7-21-45-34-13-9-12-33-38(34)42(59)54(41(33)58)35-19-20-36(55)49-40(35)57/h8-13,15-18,26-27,35,45,51H,5-7,14,19-25H2,1-4H3,(H,49,55,57)(H2,46,47,48,50). The van der Waals surface area contributed by atoms with Crippen molar-refractivity contribution >= 4 is 74.1 Å². The third-order valence-electron chi connectivity index (χ3n) is 10.8. The molecule has 326 valence electrons. The second-order valence-electron chi connectivity index (χ2n) is 16.7. The van der Waals surface area contributed by atoms with Gasteiger partial charge >= 0.3 is 0 Å². The lowest BCUT2D eigenvalue weighted by Gasteiger charge is -2.36. The van der Waals surface area contributed by atoms with E-state index in [1.54, 1.807) is 69.4 Å². The summed E-state index contributed by atoms with van der Waals surface area (Å²) in [6.07, 6.45) is 4.56. The second kappa shape index (κ2) is 18.3. The molecule has 17 nitrogen and oxygen atoms in total. The minimum Gasteiger partial charge on any atom is -0.384 e.